The monoisotopic (exact) mass is 224 g/mol. The summed E-state index contributed by atoms with van der Waals surface area (Å²) in [6, 6.07) is 3.18. The van der Waals surface area contributed by atoms with Crippen molar-refractivity contribution in [3.8, 4) is 17.2 Å². The Kier molecular flexibility index (Phi) is 2.68. The van der Waals surface area contributed by atoms with E-state index in [0.29, 0.717) is 12.8 Å². The van der Waals surface area contributed by atoms with Gasteiger partial charge in [-0.1, -0.05) is 0 Å². The summed E-state index contributed by atoms with van der Waals surface area (Å²) in [6.45, 7) is 0. The molecule has 4 nitrogen and oxygen atoms in total. The van der Waals surface area contributed by atoms with E-state index in [2.05, 4.69) is 0 Å². The maximum atomic E-state index is 9.70. The maximum Gasteiger partial charge on any atom is 0.200 e. The minimum atomic E-state index is -0.499. The molecule has 1 aromatic rings. The van der Waals surface area contributed by atoms with Crippen LogP contribution in [-0.4, -0.2) is 28.0 Å². The number of aryl methyl sites for hydroxylation is 1. The van der Waals surface area contributed by atoms with E-state index in [1.165, 1.54) is 13.2 Å². The van der Waals surface area contributed by atoms with Crippen LogP contribution in [0, 0.1) is 0 Å². The molecule has 0 heterocycles. The highest BCUT2D eigenvalue weighted by molar-refractivity contribution is 5.51. The van der Waals surface area contributed by atoms with Crippen LogP contribution in [-0.2, 0) is 6.42 Å². The molecule has 88 valence electrons. The number of benzene rings is 1. The Labute approximate surface area is 94.1 Å². The second-order valence-electron chi connectivity index (χ2n) is 4.39. The lowest BCUT2D eigenvalue weighted by atomic mass is 10.0. The summed E-state index contributed by atoms with van der Waals surface area (Å²) < 4.78 is 4.94. The highest BCUT2D eigenvalue weighted by atomic mass is 16.5. The van der Waals surface area contributed by atoms with Crippen LogP contribution in [0.25, 0.3) is 0 Å². The number of methoxy groups -OCH3 is 1. The molecule has 0 aromatic heterocycles. The molecule has 4 heteroatoms. The molecule has 0 amide bonds. The molecule has 0 unspecified atom stereocenters. The van der Waals surface area contributed by atoms with Crippen LogP contribution in [0.1, 0.15) is 24.8 Å². The fourth-order valence-electron chi connectivity index (χ4n) is 1.72. The molecule has 0 aliphatic heterocycles. The van der Waals surface area contributed by atoms with Crippen molar-refractivity contribution >= 4 is 0 Å². The molecule has 0 atom stereocenters. The summed E-state index contributed by atoms with van der Waals surface area (Å²) in [4.78, 5) is 0. The number of hydrogen-bond donors (Lipinski definition) is 3. The van der Waals surface area contributed by atoms with Crippen molar-refractivity contribution in [2.45, 2.75) is 31.3 Å². The standard InChI is InChI=1S/C12H16O4/c1-16-10-7-8(6-9(13)11(10)14)2-3-12(15)4-5-12/h6-7,13-15H,2-5H2,1H3. The SMILES string of the molecule is COc1cc(CCC2(O)CC2)cc(O)c1O. The number of phenols is 2. The number of hydrogen-bond acceptors (Lipinski definition) is 4. The number of rotatable bonds is 4. The zero-order chi connectivity index (χ0) is 11.8. The maximum absolute atomic E-state index is 9.70. The van der Waals surface area contributed by atoms with E-state index in [9.17, 15) is 15.3 Å². The highest BCUT2D eigenvalue weighted by Gasteiger charge is 2.39. The first-order chi connectivity index (χ1) is 7.54. The first-order valence-corrected chi connectivity index (χ1v) is 5.35. The van der Waals surface area contributed by atoms with Crippen molar-refractivity contribution in [2.24, 2.45) is 0 Å². The third-order valence-electron chi connectivity index (χ3n) is 3.04. The second kappa shape index (κ2) is 3.87. The lowest BCUT2D eigenvalue weighted by Crippen LogP contribution is -2.07. The Morgan fingerprint density at radius 3 is 2.56 bits per heavy atom. The van der Waals surface area contributed by atoms with Crippen LogP contribution >= 0.6 is 0 Å². The minimum Gasteiger partial charge on any atom is -0.504 e. The van der Waals surface area contributed by atoms with Crippen LogP contribution in [0.5, 0.6) is 17.2 Å². The van der Waals surface area contributed by atoms with Crippen molar-refractivity contribution in [2.75, 3.05) is 7.11 Å². The fraction of sp³-hybridized carbons (Fsp3) is 0.500. The summed E-state index contributed by atoms with van der Waals surface area (Å²) in [5, 5.41) is 28.6. The molecular formula is C12H16O4. The van der Waals surface area contributed by atoms with Crippen LogP contribution in [0.4, 0.5) is 0 Å². The van der Waals surface area contributed by atoms with Gasteiger partial charge in [0.1, 0.15) is 0 Å². The van der Waals surface area contributed by atoms with E-state index in [1.54, 1.807) is 6.07 Å². The van der Waals surface area contributed by atoms with Gasteiger partial charge in [0.05, 0.1) is 12.7 Å². The van der Waals surface area contributed by atoms with Crippen molar-refractivity contribution in [3.05, 3.63) is 17.7 Å². The van der Waals surface area contributed by atoms with Crippen LogP contribution in [0.2, 0.25) is 0 Å². The van der Waals surface area contributed by atoms with Crippen LogP contribution in [0.15, 0.2) is 12.1 Å². The van der Waals surface area contributed by atoms with Gasteiger partial charge in [-0.15, -0.1) is 0 Å². The average Bonchev–Trinajstić information content (AvgIpc) is 2.99. The molecule has 1 fully saturated rings. The minimum absolute atomic E-state index is 0.183. The largest absolute Gasteiger partial charge is 0.504 e. The number of ether oxygens (including phenoxy) is 1. The van der Waals surface area contributed by atoms with Crippen LogP contribution < -0.4 is 4.74 Å². The van der Waals surface area contributed by atoms with E-state index in [0.717, 1.165) is 18.4 Å². The topological polar surface area (TPSA) is 69.9 Å². The molecule has 0 saturated heterocycles. The fourth-order valence-corrected chi connectivity index (χ4v) is 1.72. The van der Waals surface area contributed by atoms with Gasteiger partial charge >= 0.3 is 0 Å². The molecule has 1 saturated carbocycles. The van der Waals surface area contributed by atoms with Crippen molar-refractivity contribution < 1.29 is 20.1 Å². The van der Waals surface area contributed by atoms with Gasteiger partial charge in [-0.05, 0) is 43.4 Å². The molecule has 2 rings (SSSR count). The van der Waals surface area contributed by atoms with Gasteiger partial charge < -0.3 is 20.1 Å². The average molecular weight is 224 g/mol. The zero-order valence-corrected chi connectivity index (χ0v) is 9.23. The number of phenolic OH excluding ortho intramolecular Hbond substituents is 2. The van der Waals surface area contributed by atoms with Gasteiger partial charge in [-0.25, -0.2) is 0 Å². The molecule has 1 aromatic carbocycles. The lowest BCUT2D eigenvalue weighted by Gasteiger charge is -2.10. The number of aliphatic hydroxyl groups is 1. The third-order valence-corrected chi connectivity index (χ3v) is 3.04. The summed E-state index contributed by atoms with van der Waals surface area (Å²) >= 11 is 0. The molecule has 3 N–H and O–H groups in total. The van der Waals surface area contributed by atoms with Gasteiger partial charge in [0.2, 0.25) is 5.75 Å². The molecule has 0 radical (unpaired) electrons. The van der Waals surface area contributed by atoms with E-state index in [4.69, 9.17) is 4.74 Å². The molecular weight excluding hydrogens is 208 g/mol. The normalized spacial score (nSPS) is 17.1. The molecule has 1 aliphatic rings. The predicted octanol–water partition coefficient (Wildman–Crippen LogP) is 1.56. The predicted molar refractivity (Wildman–Crippen MR) is 58.8 cm³/mol. The van der Waals surface area contributed by atoms with Crippen molar-refractivity contribution in [1.29, 1.82) is 0 Å². The van der Waals surface area contributed by atoms with Gasteiger partial charge in [-0.2, -0.15) is 0 Å². The van der Waals surface area contributed by atoms with Crippen LogP contribution in [0.3, 0.4) is 0 Å². The highest BCUT2D eigenvalue weighted by Crippen LogP contribution is 2.41. The van der Waals surface area contributed by atoms with Crippen molar-refractivity contribution in [3.63, 3.8) is 0 Å². The second-order valence-corrected chi connectivity index (χ2v) is 4.39. The Bertz CT molecular complexity index is 396. The van der Waals surface area contributed by atoms with E-state index < -0.39 is 5.60 Å². The van der Waals surface area contributed by atoms with Gasteiger partial charge in [0, 0.05) is 0 Å². The first kappa shape index (κ1) is 11.1. The zero-order valence-electron chi connectivity index (χ0n) is 9.23. The molecule has 0 bridgehead atoms. The van der Waals surface area contributed by atoms with Crippen molar-refractivity contribution in [1.82, 2.24) is 0 Å². The molecule has 1 aliphatic carbocycles. The third kappa shape index (κ3) is 2.22. The summed E-state index contributed by atoms with van der Waals surface area (Å²) in [5.41, 5.74) is 0.355. The Balaban J connectivity index is 2.11. The Morgan fingerprint density at radius 1 is 1.31 bits per heavy atom. The lowest BCUT2D eigenvalue weighted by molar-refractivity contribution is 0.140. The summed E-state index contributed by atoms with van der Waals surface area (Å²) in [7, 11) is 1.44. The first-order valence-electron chi connectivity index (χ1n) is 5.35. The number of aromatic hydroxyl groups is 2. The van der Waals surface area contributed by atoms with E-state index in [-0.39, 0.29) is 17.2 Å². The van der Waals surface area contributed by atoms with Gasteiger partial charge in [-0.3, -0.25) is 0 Å². The smallest absolute Gasteiger partial charge is 0.200 e. The van der Waals surface area contributed by atoms with E-state index >= 15 is 0 Å². The van der Waals surface area contributed by atoms with E-state index in [1.807, 2.05) is 0 Å². The van der Waals surface area contributed by atoms with Gasteiger partial charge in [0.15, 0.2) is 11.5 Å². The quantitative estimate of drug-likeness (QED) is 0.679. The van der Waals surface area contributed by atoms with Gasteiger partial charge in [0.25, 0.3) is 0 Å². The Morgan fingerprint density at radius 2 is 2.00 bits per heavy atom. The summed E-state index contributed by atoms with van der Waals surface area (Å²) in [6.07, 6.45) is 3.06. The molecule has 0 spiro atoms. The summed E-state index contributed by atoms with van der Waals surface area (Å²) in [5.74, 6) is -0.161. The Hall–Kier alpha value is -1.42. The molecule has 16 heavy (non-hydrogen) atoms.